The number of hydrogen-bond donors (Lipinski definition) is 2. The Balaban J connectivity index is 1.55. The third-order valence-electron chi connectivity index (χ3n) is 5.52. The van der Waals surface area contributed by atoms with E-state index in [1.165, 1.54) is 12.1 Å². The van der Waals surface area contributed by atoms with Crippen LogP contribution in [0.1, 0.15) is 31.1 Å². The van der Waals surface area contributed by atoms with E-state index in [0.717, 1.165) is 24.8 Å². The van der Waals surface area contributed by atoms with E-state index in [4.69, 9.17) is 17.0 Å². The van der Waals surface area contributed by atoms with E-state index in [1.807, 2.05) is 43.0 Å². The van der Waals surface area contributed by atoms with Crippen molar-refractivity contribution < 1.29 is 19.2 Å². The molecule has 2 aromatic rings. The SMILES string of the molecule is CCOc1ccc(C(=O)NC(=S)Nc2ccc(N3CCN(C(=O)C(C)C)CC3)cc2)cc1[N+](=O)[O-]. The maximum atomic E-state index is 12.5. The first-order valence-corrected chi connectivity index (χ1v) is 11.8. The van der Waals surface area contributed by atoms with E-state index in [9.17, 15) is 19.7 Å². The number of piperazine rings is 1. The maximum absolute atomic E-state index is 12.5. The Morgan fingerprint density at radius 2 is 1.77 bits per heavy atom. The molecule has 2 amide bonds. The van der Waals surface area contributed by atoms with Crippen LogP contribution >= 0.6 is 12.2 Å². The highest BCUT2D eigenvalue weighted by Crippen LogP contribution is 2.28. The quantitative estimate of drug-likeness (QED) is 0.338. The van der Waals surface area contributed by atoms with Gasteiger partial charge < -0.3 is 19.9 Å². The van der Waals surface area contributed by atoms with Gasteiger partial charge in [0.1, 0.15) is 0 Å². The lowest BCUT2D eigenvalue weighted by Gasteiger charge is -2.37. The van der Waals surface area contributed by atoms with Gasteiger partial charge in [0, 0.05) is 55.1 Å². The van der Waals surface area contributed by atoms with Gasteiger partial charge >= 0.3 is 5.69 Å². The molecule has 1 heterocycles. The molecule has 2 aromatic carbocycles. The highest BCUT2D eigenvalue weighted by atomic mass is 32.1. The van der Waals surface area contributed by atoms with Crippen molar-refractivity contribution in [3.05, 3.63) is 58.1 Å². The molecule has 1 aliphatic heterocycles. The minimum Gasteiger partial charge on any atom is -0.487 e. The van der Waals surface area contributed by atoms with Gasteiger partial charge in [-0.3, -0.25) is 25.0 Å². The molecule has 1 fully saturated rings. The number of carbonyl (C=O) groups excluding carboxylic acids is 2. The number of carbonyl (C=O) groups is 2. The van der Waals surface area contributed by atoms with Crippen molar-refractivity contribution in [2.45, 2.75) is 20.8 Å². The van der Waals surface area contributed by atoms with Crippen LogP contribution in [0.25, 0.3) is 0 Å². The second-order valence-electron chi connectivity index (χ2n) is 8.29. The maximum Gasteiger partial charge on any atom is 0.311 e. The van der Waals surface area contributed by atoms with Gasteiger partial charge in [0.15, 0.2) is 10.9 Å². The van der Waals surface area contributed by atoms with Gasteiger partial charge in [-0.2, -0.15) is 0 Å². The van der Waals surface area contributed by atoms with Crippen LogP contribution < -0.4 is 20.3 Å². The Bertz CT molecular complexity index is 1100. The summed E-state index contributed by atoms with van der Waals surface area (Å²) in [7, 11) is 0. The van der Waals surface area contributed by atoms with Gasteiger partial charge in [0.05, 0.1) is 11.5 Å². The lowest BCUT2D eigenvalue weighted by atomic mass is 10.1. The molecule has 0 bridgehead atoms. The molecule has 0 spiro atoms. The predicted octanol–water partition coefficient (Wildman–Crippen LogP) is 3.42. The van der Waals surface area contributed by atoms with Crippen molar-refractivity contribution in [3.63, 3.8) is 0 Å². The van der Waals surface area contributed by atoms with Crippen LogP contribution in [0.5, 0.6) is 5.75 Å². The smallest absolute Gasteiger partial charge is 0.311 e. The fourth-order valence-corrected chi connectivity index (χ4v) is 3.93. The molecule has 186 valence electrons. The first kappa shape index (κ1) is 25.9. The van der Waals surface area contributed by atoms with Crippen molar-refractivity contribution in [1.82, 2.24) is 10.2 Å². The number of nitro groups is 1. The zero-order valence-electron chi connectivity index (χ0n) is 19.9. The molecule has 0 radical (unpaired) electrons. The van der Waals surface area contributed by atoms with Crippen molar-refractivity contribution in [2.75, 3.05) is 43.0 Å². The van der Waals surface area contributed by atoms with E-state index in [1.54, 1.807) is 6.92 Å². The fraction of sp³-hybridized carbons (Fsp3) is 0.375. The van der Waals surface area contributed by atoms with Gasteiger partial charge in [0.2, 0.25) is 5.91 Å². The summed E-state index contributed by atoms with van der Waals surface area (Å²) in [6.07, 6.45) is 0. The molecule has 1 saturated heterocycles. The second kappa shape index (κ2) is 11.6. The molecular weight excluding hydrogens is 470 g/mol. The van der Waals surface area contributed by atoms with E-state index in [2.05, 4.69) is 15.5 Å². The summed E-state index contributed by atoms with van der Waals surface area (Å²) >= 11 is 5.23. The molecule has 35 heavy (non-hydrogen) atoms. The summed E-state index contributed by atoms with van der Waals surface area (Å²) in [5.41, 5.74) is 1.52. The lowest BCUT2D eigenvalue weighted by Crippen LogP contribution is -2.49. The monoisotopic (exact) mass is 499 g/mol. The van der Waals surface area contributed by atoms with Crippen molar-refractivity contribution in [3.8, 4) is 5.75 Å². The second-order valence-corrected chi connectivity index (χ2v) is 8.70. The third kappa shape index (κ3) is 6.66. The van der Waals surface area contributed by atoms with Gasteiger partial charge in [0.25, 0.3) is 5.91 Å². The average molecular weight is 500 g/mol. The van der Waals surface area contributed by atoms with E-state index in [0.29, 0.717) is 18.8 Å². The van der Waals surface area contributed by atoms with Crippen LogP contribution in [0.15, 0.2) is 42.5 Å². The number of amides is 2. The van der Waals surface area contributed by atoms with Crippen molar-refractivity contribution >= 4 is 46.2 Å². The number of hydrogen-bond acceptors (Lipinski definition) is 7. The van der Waals surface area contributed by atoms with Crippen LogP contribution in [-0.2, 0) is 4.79 Å². The molecule has 0 saturated carbocycles. The Morgan fingerprint density at radius 1 is 1.11 bits per heavy atom. The number of thiocarbonyl (C=S) groups is 1. The van der Waals surface area contributed by atoms with Crippen LogP contribution in [0.4, 0.5) is 17.1 Å². The standard InChI is InChI=1S/C24H29N5O5S/c1-4-34-21-10-5-17(15-20(21)29(32)33)22(30)26-24(35)25-18-6-8-19(9-7-18)27-11-13-28(14-12-27)23(31)16(2)3/h5-10,15-16H,4,11-14H2,1-3H3,(H2,25,26,30,35). The van der Waals surface area contributed by atoms with Crippen molar-refractivity contribution in [1.29, 1.82) is 0 Å². The molecule has 0 aromatic heterocycles. The highest BCUT2D eigenvalue weighted by Gasteiger charge is 2.23. The van der Waals surface area contributed by atoms with Gasteiger partial charge in [-0.15, -0.1) is 0 Å². The molecule has 3 rings (SSSR count). The predicted molar refractivity (Wildman–Crippen MR) is 138 cm³/mol. The topological polar surface area (TPSA) is 117 Å². The third-order valence-corrected chi connectivity index (χ3v) is 5.72. The van der Waals surface area contributed by atoms with E-state index >= 15 is 0 Å². The van der Waals surface area contributed by atoms with Crippen molar-refractivity contribution in [2.24, 2.45) is 5.92 Å². The fourth-order valence-electron chi connectivity index (χ4n) is 3.72. The molecule has 2 N–H and O–H groups in total. The summed E-state index contributed by atoms with van der Waals surface area (Å²) in [6.45, 7) is 8.71. The largest absolute Gasteiger partial charge is 0.487 e. The Labute approximate surface area is 209 Å². The molecule has 0 unspecified atom stereocenters. The van der Waals surface area contributed by atoms with E-state index < -0.39 is 10.8 Å². The molecule has 10 nitrogen and oxygen atoms in total. The molecule has 0 aliphatic carbocycles. The van der Waals surface area contributed by atoms with Gasteiger partial charge in [-0.1, -0.05) is 13.8 Å². The number of rotatable bonds is 7. The molecule has 1 aliphatic rings. The van der Waals surface area contributed by atoms with E-state index in [-0.39, 0.29) is 40.5 Å². The summed E-state index contributed by atoms with van der Waals surface area (Å²) < 4.78 is 5.24. The minimum absolute atomic E-state index is 0.000734. The average Bonchev–Trinajstić information content (AvgIpc) is 2.84. The van der Waals surface area contributed by atoms with Gasteiger partial charge in [-0.25, -0.2) is 0 Å². The molecular formula is C24H29N5O5S. The van der Waals surface area contributed by atoms with Crippen LogP contribution in [0.2, 0.25) is 0 Å². The number of nitrogens with zero attached hydrogens (tertiary/aromatic N) is 3. The number of ether oxygens (including phenoxy) is 1. The highest BCUT2D eigenvalue weighted by molar-refractivity contribution is 7.80. The molecule has 11 heteroatoms. The van der Waals surface area contributed by atoms with Crippen LogP contribution in [0, 0.1) is 16.0 Å². The van der Waals surface area contributed by atoms with Gasteiger partial charge in [-0.05, 0) is 55.5 Å². The normalized spacial score (nSPS) is 13.4. The Hall–Kier alpha value is -3.73. The van der Waals surface area contributed by atoms with Crippen LogP contribution in [-0.4, -0.2) is 59.5 Å². The number of nitrogens with one attached hydrogen (secondary N) is 2. The number of nitro benzene ring substituents is 1. The minimum atomic E-state index is -0.595. The summed E-state index contributed by atoms with van der Waals surface area (Å²) in [5, 5.41) is 16.8. The first-order chi connectivity index (χ1) is 16.7. The Morgan fingerprint density at radius 3 is 2.34 bits per heavy atom. The summed E-state index contributed by atoms with van der Waals surface area (Å²) in [6, 6.07) is 11.6. The zero-order valence-corrected chi connectivity index (χ0v) is 20.8. The van der Waals surface area contributed by atoms with Crippen LogP contribution in [0.3, 0.4) is 0 Å². The number of anilines is 2. The summed E-state index contributed by atoms with van der Waals surface area (Å²) in [5.74, 6) is -0.290. The first-order valence-electron chi connectivity index (χ1n) is 11.4. The summed E-state index contributed by atoms with van der Waals surface area (Å²) in [4.78, 5) is 39.5. The Kier molecular flexibility index (Phi) is 8.58. The number of benzene rings is 2. The zero-order chi connectivity index (χ0) is 25.5. The lowest BCUT2D eigenvalue weighted by molar-refractivity contribution is -0.385. The molecule has 0 atom stereocenters.